The number of nitrogens with zero attached hydrogens (tertiary/aromatic N) is 2. The maximum atomic E-state index is 11.1. The van der Waals surface area contributed by atoms with Crippen molar-refractivity contribution in [3.05, 3.63) is 70.4 Å². The molecular weight excluding hydrogens is 312 g/mol. The Balaban J connectivity index is 1.97. The van der Waals surface area contributed by atoms with Gasteiger partial charge in [-0.25, -0.2) is 0 Å². The first-order valence-corrected chi connectivity index (χ1v) is 7.78. The quantitative estimate of drug-likeness (QED) is 0.512. The molecule has 5 nitrogen and oxygen atoms in total. The molecule has 0 amide bonds. The Bertz CT molecular complexity index is 850. The first-order valence-electron chi connectivity index (χ1n) is 6.97. The molecule has 0 N–H and O–H groups in total. The first-order chi connectivity index (χ1) is 11.2. The van der Waals surface area contributed by atoms with Gasteiger partial charge in [0.05, 0.1) is 22.4 Å². The van der Waals surface area contributed by atoms with Crippen molar-refractivity contribution in [3.63, 3.8) is 0 Å². The molecule has 1 heterocycles. The number of hydrogen-bond acceptors (Lipinski definition) is 5. The van der Waals surface area contributed by atoms with Crippen LogP contribution in [0.5, 0.6) is 0 Å². The molecule has 1 aromatic heterocycles. The third-order valence-electron chi connectivity index (χ3n) is 3.37. The third-order valence-corrected chi connectivity index (χ3v) is 4.43. The zero-order valence-corrected chi connectivity index (χ0v) is 13.2. The summed E-state index contributed by atoms with van der Waals surface area (Å²) in [7, 11) is 1.66. The van der Waals surface area contributed by atoms with E-state index in [1.54, 1.807) is 31.5 Å². The Hall–Kier alpha value is -2.44. The number of methoxy groups -OCH3 is 1. The number of aromatic nitrogens is 1. The van der Waals surface area contributed by atoms with Crippen LogP contribution in [0.1, 0.15) is 5.56 Å². The van der Waals surface area contributed by atoms with Crippen molar-refractivity contribution in [2.45, 2.75) is 16.4 Å². The average Bonchev–Trinajstić information content (AvgIpc) is 2.57. The predicted molar refractivity (Wildman–Crippen MR) is 89.7 cm³/mol. The number of nitro benzene ring substituents is 1. The lowest BCUT2D eigenvalue weighted by atomic mass is 10.2. The Morgan fingerprint density at radius 1 is 1.17 bits per heavy atom. The van der Waals surface area contributed by atoms with Crippen molar-refractivity contribution in [3.8, 4) is 0 Å². The lowest BCUT2D eigenvalue weighted by molar-refractivity contribution is -0.383. The van der Waals surface area contributed by atoms with Gasteiger partial charge in [-0.1, -0.05) is 23.9 Å². The standard InChI is InChI=1S/C17H14N2O3S/c1-22-11-12-4-6-13(7-5-12)23-16-9-8-15(19(20)21)14-3-2-10-18-17(14)16/h2-10H,11H2,1H3. The number of pyridine rings is 1. The van der Waals surface area contributed by atoms with E-state index in [1.165, 1.54) is 17.8 Å². The molecule has 23 heavy (non-hydrogen) atoms. The fraction of sp³-hybridized carbons (Fsp3) is 0.118. The molecule has 3 rings (SSSR count). The monoisotopic (exact) mass is 326 g/mol. The smallest absolute Gasteiger partial charge is 0.278 e. The zero-order chi connectivity index (χ0) is 16.2. The number of nitro groups is 1. The van der Waals surface area contributed by atoms with Gasteiger partial charge in [0.1, 0.15) is 0 Å². The third kappa shape index (κ3) is 3.33. The second-order valence-corrected chi connectivity index (χ2v) is 6.03. The fourth-order valence-electron chi connectivity index (χ4n) is 2.32. The maximum absolute atomic E-state index is 11.1. The van der Waals surface area contributed by atoms with E-state index in [2.05, 4.69) is 4.98 Å². The Kier molecular flexibility index (Phi) is 4.55. The van der Waals surface area contributed by atoms with Gasteiger partial charge in [-0.05, 0) is 35.9 Å². The lowest BCUT2D eigenvalue weighted by Crippen LogP contribution is -1.92. The van der Waals surface area contributed by atoms with Gasteiger partial charge in [-0.15, -0.1) is 0 Å². The second-order valence-electron chi connectivity index (χ2n) is 4.92. The van der Waals surface area contributed by atoms with Crippen molar-refractivity contribution >= 4 is 28.4 Å². The average molecular weight is 326 g/mol. The number of rotatable bonds is 5. The number of ether oxygens (including phenoxy) is 1. The predicted octanol–water partition coefficient (Wildman–Crippen LogP) is 4.44. The minimum Gasteiger partial charge on any atom is -0.380 e. The van der Waals surface area contributed by atoms with Crippen LogP contribution in [0.3, 0.4) is 0 Å². The molecule has 6 heteroatoms. The summed E-state index contributed by atoms with van der Waals surface area (Å²) in [6.45, 7) is 0.576. The number of benzene rings is 2. The van der Waals surface area contributed by atoms with Crippen LogP contribution in [0.25, 0.3) is 10.9 Å². The summed E-state index contributed by atoms with van der Waals surface area (Å²) in [5.41, 5.74) is 1.82. The van der Waals surface area contributed by atoms with Crippen LogP contribution in [0.2, 0.25) is 0 Å². The van der Waals surface area contributed by atoms with E-state index in [0.29, 0.717) is 17.5 Å². The largest absolute Gasteiger partial charge is 0.380 e. The van der Waals surface area contributed by atoms with Gasteiger partial charge >= 0.3 is 0 Å². The molecule has 0 unspecified atom stereocenters. The summed E-state index contributed by atoms with van der Waals surface area (Å²) < 4.78 is 5.10. The minimum absolute atomic E-state index is 0.0768. The van der Waals surface area contributed by atoms with Gasteiger partial charge in [0.2, 0.25) is 0 Å². The molecule has 0 aliphatic heterocycles. The number of hydrogen-bond donors (Lipinski definition) is 0. The highest BCUT2D eigenvalue weighted by atomic mass is 32.2. The molecular formula is C17H14N2O3S. The van der Waals surface area contributed by atoms with Crippen LogP contribution >= 0.6 is 11.8 Å². The van der Waals surface area contributed by atoms with Gasteiger partial charge in [0.15, 0.2) is 0 Å². The van der Waals surface area contributed by atoms with E-state index in [1.807, 2.05) is 24.3 Å². The highest BCUT2D eigenvalue weighted by molar-refractivity contribution is 7.99. The van der Waals surface area contributed by atoms with Gasteiger partial charge in [-0.3, -0.25) is 15.1 Å². The maximum Gasteiger partial charge on any atom is 0.278 e. The molecule has 0 bridgehead atoms. The Morgan fingerprint density at radius 3 is 2.65 bits per heavy atom. The normalized spacial score (nSPS) is 10.8. The van der Waals surface area contributed by atoms with Gasteiger partial charge in [-0.2, -0.15) is 0 Å². The van der Waals surface area contributed by atoms with Crippen LogP contribution in [0.4, 0.5) is 5.69 Å². The van der Waals surface area contributed by atoms with Crippen LogP contribution in [-0.4, -0.2) is 17.0 Å². The second kappa shape index (κ2) is 6.76. The van der Waals surface area contributed by atoms with Crippen LogP contribution < -0.4 is 0 Å². The minimum atomic E-state index is -0.377. The number of fused-ring (bicyclic) bond motifs is 1. The van der Waals surface area contributed by atoms with Crippen molar-refractivity contribution in [2.75, 3.05) is 7.11 Å². The van der Waals surface area contributed by atoms with Crippen molar-refractivity contribution in [2.24, 2.45) is 0 Å². The Labute approximate surface area is 137 Å². The van der Waals surface area contributed by atoms with Gasteiger partial charge in [0, 0.05) is 29.2 Å². The van der Waals surface area contributed by atoms with Crippen LogP contribution in [0.15, 0.2) is 64.5 Å². The molecule has 0 saturated carbocycles. The molecule has 116 valence electrons. The molecule has 3 aromatic rings. The molecule has 0 spiro atoms. The molecule has 0 atom stereocenters. The molecule has 0 aliphatic carbocycles. The summed E-state index contributed by atoms with van der Waals surface area (Å²) in [5.74, 6) is 0. The van der Waals surface area contributed by atoms with E-state index < -0.39 is 0 Å². The molecule has 2 aromatic carbocycles. The van der Waals surface area contributed by atoms with E-state index in [-0.39, 0.29) is 10.6 Å². The van der Waals surface area contributed by atoms with Crippen molar-refractivity contribution < 1.29 is 9.66 Å². The van der Waals surface area contributed by atoms with Crippen LogP contribution in [-0.2, 0) is 11.3 Å². The highest BCUT2D eigenvalue weighted by Gasteiger charge is 2.15. The molecule has 0 fully saturated rings. The van der Waals surface area contributed by atoms with E-state index in [9.17, 15) is 10.1 Å². The molecule has 0 saturated heterocycles. The van der Waals surface area contributed by atoms with E-state index in [4.69, 9.17) is 4.74 Å². The van der Waals surface area contributed by atoms with Crippen molar-refractivity contribution in [1.29, 1.82) is 0 Å². The lowest BCUT2D eigenvalue weighted by Gasteiger charge is -2.07. The molecule has 0 aliphatic rings. The van der Waals surface area contributed by atoms with E-state index >= 15 is 0 Å². The van der Waals surface area contributed by atoms with Crippen LogP contribution in [0, 0.1) is 10.1 Å². The summed E-state index contributed by atoms with van der Waals surface area (Å²) in [4.78, 5) is 17.0. The Morgan fingerprint density at radius 2 is 1.96 bits per heavy atom. The van der Waals surface area contributed by atoms with E-state index in [0.717, 1.165) is 15.4 Å². The summed E-state index contributed by atoms with van der Waals surface area (Å²) in [6.07, 6.45) is 1.65. The number of non-ortho nitro benzene ring substituents is 1. The fourth-order valence-corrected chi connectivity index (χ4v) is 3.24. The summed E-state index contributed by atoms with van der Waals surface area (Å²) in [5, 5.41) is 11.7. The first kappa shape index (κ1) is 15.5. The van der Waals surface area contributed by atoms with Gasteiger partial charge < -0.3 is 4.74 Å². The SMILES string of the molecule is COCc1ccc(Sc2ccc([N+](=O)[O-])c3cccnc23)cc1. The summed E-state index contributed by atoms with van der Waals surface area (Å²) in [6, 6.07) is 14.8. The summed E-state index contributed by atoms with van der Waals surface area (Å²) >= 11 is 1.54. The topological polar surface area (TPSA) is 65.3 Å². The van der Waals surface area contributed by atoms with Crippen molar-refractivity contribution in [1.82, 2.24) is 4.98 Å². The van der Waals surface area contributed by atoms with Gasteiger partial charge in [0.25, 0.3) is 5.69 Å². The zero-order valence-electron chi connectivity index (χ0n) is 12.4. The highest BCUT2D eigenvalue weighted by Crippen LogP contribution is 2.36. The molecule has 0 radical (unpaired) electrons.